The zero-order valence-corrected chi connectivity index (χ0v) is 19.4. The van der Waals surface area contributed by atoms with E-state index in [9.17, 15) is 14.4 Å². The molecule has 5 heteroatoms. The number of hydrogen-bond acceptors (Lipinski definition) is 5. The molecular formula is C25H26O3S2. The zero-order chi connectivity index (χ0) is 22.1. The van der Waals surface area contributed by atoms with Gasteiger partial charge in [0.1, 0.15) is 0 Å². The van der Waals surface area contributed by atoms with Crippen LogP contribution in [0.1, 0.15) is 49.9 Å². The normalized spacial score (nSPS) is 11.3. The third-order valence-corrected chi connectivity index (χ3v) is 5.92. The van der Waals surface area contributed by atoms with E-state index >= 15 is 0 Å². The summed E-state index contributed by atoms with van der Waals surface area (Å²) in [5.41, 5.74) is 4.15. The van der Waals surface area contributed by atoms with E-state index in [1.54, 1.807) is 26.0 Å². The van der Waals surface area contributed by atoms with E-state index in [1.165, 1.54) is 23.5 Å². The summed E-state index contributed by atoms with van der Waals surface area (Å²) in [6.07, 6.45) is 8.41. The predicted molar refractivity (Wildman–Crippen MR) is 128 cm³/mol. The van der Waals surface area contributed by atoms with Crippen molar-refractivity contribution in [3.8, 4) is 0 Å². The number of allylic oxidation sites excluding steroid dienone is 2. The second-order valence-electron chi connectivity index (χ2n) is 6.68. The van der Waals surface area contributed by atoms with Gasteiger partial charge in [-0.1, -0.05) is 61.7 Å². The molecule has 0 bridgehead atoms. The highest BCUT2D eigenvalue weighted by molar-refractivity contribution is 8.13. The Hall–Kier alpha value is -2.37. The third-order valence-electron chi connectivity index (χ3n) is 4.37. The van der Waals surface area contributed by atoms with Gasteiger partial charge < -0.3 is 0 Å². The van der Waals surface area contributed by atoms with Crippen molar-refractivity contribution >= 4 is 51.7 Å². The average molecular weight is 439 g/mol. The molecule has 0 saturated heterocycles. The Labute approximate surface area is 187 Å². The second-order valence-corrected chi connectivity index (χ2v) is 9.19. The molecule has 0 aliphatic heterocycles. The molecule has 0 aliphatic carbocycles. The van der Waals surface area contributed by atoms with Crippen LogP contribution in [-0.4, -0.2) is 16.0 Å². The fraction of sp³-hybridized carbons (Fsp3) is 0.240. The summed E-state index contributed by atoms with van der Waals surface area (Å²) in [6.45, 7) is 7.21. The van der Waals surface area contributed by atoms with Gasteiger partial charge in [0.25, 0.3) is 0 Å². The maximum Gasteiger partial charge on any atom is 0.190 e. The average Bonchev–Trinajstić information content (AvgIpc) is 2.70. The van der Waals surface area contributed by atoms with E-state index in [-0.39, 0.29) is 16.0 Å². The minimum absolute atomic E-state index is 0.0556. The van der Waals surface area contributed by atoms with Gasteiger partial charge in [-0.15, -0.1) is 0 Å². The number of hydrogen-bond donors (Lipinski definition) is 0. The van der Waals surface area contributed by atoms with E-state index in [4.69, 9.17) is 0 Å². The molecule has 2 aromatic carbocycles. The molecule has 0 unspecified atom stereocenters. The van der Waals surface area contributed by atoms with Crippen LogP contribution in [0.4, 0.5) is 0 Å². The van der Waals surface area contributed by atoms with Gasteiger partial charge in [0.05, 0.1) is 0 Å². The number of benzene rings is 2. The molecule has 0 aliphatic rings. The highest BCUT2D eigenvalue weighted by Gasteiger charge is 2.05. The minimum atomic E-state index is -0.0940. The lowest BCUT2D eigenvalue weighted by molar-refractivity contribution is -0.110. The van der Waals surface area contributed by atoms with Crippen molar-refractivity contribution in [2.45, 2.75) is 50.3 Å². The molecule has 0 heterocycles. The van der Waals surface area contributed by atoms with Crippen LogP contribution in [0.3, 0.4) is 0 Å². The highest BCUT2D eigenvalue weighted by Crippen LogP contribution is 2.25. The van der Waals surface area contributed by atoms with Crippen molar-refractivity contribution in [3.05, 3.63) is 70.8 Å². The molecule has 3 nitrogen and oxygen atoms in total. The maximum atomic E-state index is 12.3. The summed E-state index contributed by atoms with van der Waals surface area (Å²) in [5, 5.41) is 0.111. The molecule has 0 atom stereocenters. The monoisotopic (exact) mass is 438 g/mol. The van der Waals surface area contributed by atoms with E-state index in [1.807, 2.05) is 48.6 Å². The van der Waals surface area contributed by atoms with Crippen molar-refractivity contribution in [1.82, 2.24) is 0 Å². The van der Waals surface area contributed by atoms with Crippen LogP contribution >= 0.6 is 23.5 Å². The molecule has 0 aromatic heterocycles. The first-order chi connectivity index (χ1) is 14.3. The molecule has 0 radical (unpaired) electrons. The van der Waals surface area contributed by atoms with Crippen molar-refractivity contribution in [3.63, 3.8) is 0 Å². The number of ketones is 1. The lowest BCUT2D eigenvalue weighted by atomic mass is 10.0. The van der Waals surface area contributed by atoms with Crippen LogP contribution in [-0.2, 0) is 27.2 Å². The summed E-state index contributed by atoms with van der Waals surface area (Å²) >= 11 is 2.43. The number of thioether (sulfide) groups is 2. The number of rotatable bonds is 8. The summed E-state index contributed by atoms with van der Waals surface area (Å²) in [6, 6.07) is 11.7. The summed E-state index contributed by atoms with van der Waals surface area (Å²) < 4.78 is 0. The van der Waals surface area contributed by atoms with E-state index in [0.717, 1.165) is 44.9 Å². The first-order valence-electron chi connectivity index (χ1n) is 9.85. The van der Waals surface area contributed by atoms with Gasteiger partial charge in [0, 0.05) is 23.6 Å². The fourth-order valence-corrected chi connectivity index (χ4v) is 4.30. The Morgan fingerprint density at radius 2 is 1.13 bits per heavy atom. The zero-order valence-electron chi connectivity index (χ0n) is 17.7. The highest BCUT2D eigenvalue weighted by atomic mass is 32.2. The molecule has 0 N–H and O–H groups in total. The number of carbonyl (C=O) groups excluding carboxylic acids is 3. The van der Waals surface area contributed by atoms with Gasteiger partial charge in [-0.2, -0.15) is 0 Å². The molecular weight excluding hydrogens is 412 g/mol. The Bertz CT molecular complexity index is 924. The molecule has 0 fully saturated rings. The van der Waals surface area contributed by atoms with Crippen LogP contribution in [0.2, 0.25) is 0 Å². The lowest BCUT2D eigenvalue weighted by Gasteiger charge is -2.06. The van der Waals surface area contributed by atoms with E-state index in [2.05, 4.69) is 13.8 Å². The van der Waals surface area contributed by atoms with Crippen molar-refractivity contribution < 1.29 is 14.4 Å². The summed E-state index contributed by atoms with van der Waals surface area (Å²) in [4.78, 5) is 36.8. The van der Waals surface area contributed by atoms with Gasteiger partial charge in [-0.25, -0.2) is 0 Å². The Morgan fingerprint density at radius 3 is 1.47 bits per heavy atom. The minimum Gasteiger partial charge on any atom is -0.290 e. The SMILES string of the molecule is CCc1cc(SC(C)=O)ccc1C=CC(=O)C=Cc1ccc(SC(C)=O)cc1CC. The first kappa shape index (κ1) is 23.9. The van der Waals surface area contributed by atoms with Crippen LogP contribution in [0.5, 0.6) is 0 Å². The van der Waals surface area contributed by atoms with E-state index < -0.39 is 0 Å². The quantitative estimate of drug-likeness (QED) is 0.353. The molecule has 0 saturated carbocycles. The topological polar surface area (TPSA) is 51.2 Å². The van der Waals surface area contributed by atoms with Gasteiger partial charge in [-0.05, 0) is 71.5 Å². The molecule has 30 heavy (non-hydrogen) atoms. The van der Waals surface area contributed by atoms with Crippen LogP contribution in [0, 0.1) is 0 Å². The lowest BCUT2D eigenvalue weighted by Crippen LogP contribution is -1.92. The largest absolute Gasteiger partial charge is 0.290 e. The summed E-state index contributed by atoms with van der Waals surface area (Å²) in [5.74, 6) is -0.0940. The van der Waals surface area contributed by atoms with Crippen LogP contribution in [0.25, 0.3) is 12.2 Å². The van der Waals surface area contributed by atoms with E-state index in [0.29, 0.717) is 0 Å². The van der Waals surface area contributed by atoms with Crippen LogP contribution in [0.15, 0.2) is 58.3 Å². The van der Waals surface area contributed by atoms with Crippen LogP contribution < -0.4 is 0 Å². The molecule has 0 spiro atoms. The molecule has 0 amide bonds. The molecule has 2 rings (SSSR count). The molecule has 2 aromatic rings. The van der Waals surface area contributed by atoms with Crippen molar-refractivity contribution in [2.75, 3.05) is 0 Å². The Kier molecular flexibility index (Phi) is 9.34. The Morgan fingerprint density at radius 1 is 0.733 bits per heavy atom. The predicted octanol–water partition coefficient (Wildman–Crippen LogP) is 6.38. The second kappa shape index (κ2) is 11.7. The standard InChI is InChI=1S/C25H26O3S2/c1-5-19-15-24(29-17(3)26)13-9-21(19)7-11-23(28)12-8-22-10-14-25(30-18(4)27)16-20(22)6-2/h7-16H,5-6H2,1-4H3. The van der Waals surface area contributed by atoms with Gasteiger partial charge in [0.15, 0.2) is 16.0 Å². The van der Waals surface area contributed by atoms with Gasteiger partial charge >= 0.3 is 0 Å². The maximum absolute atomic E-state index is 12.3. The van der Waals surface area contributed by atoms with Gasteiger partial charge in [-0.3, -0.25) is 14.4 Å². The van der Waals surface area contributed by atoms with Crippen molar-refractivity contribution in [2.24, 2.45) is 0 Å². The third kappa shape index (κ3) is 7.47. The number of carbonyl (C=O) groups is 3. The number of aryl methyl sites for hydroxylation is 2. The smallest absolute Gasteiger partial charge is 0.190 e. The summed E-state index contributed by atoms with van der Waals surface area (Å²) in [7, 11) is 0. The van der Waals surface area contributed by atoms with Crippen molar-refractivity contribution in [1.29, 1.82) is 0 Å². The molecule has 156 valence electrons. The first-order valence-corrected chi connectivity index (χ1v) is 11.5. The van der Waals surface area contributed by atoms with Gasteiger partial charge in [0.2, 0.25) is 0 Å². The Balaban J connectivity index is 2.13. The fourth-order valence-electron chi connectivity index (χ4n) is 2.96.